The van der Waals surface area contributed by atoms with Gasteiger partial charge in [-0.05, 0) is 11.6 Å². The fraction of sp³-hybridized carbons (Fsp3) is 0.0476. The minimum Gasteiger partial charge on any atom is -0.359 e. The monoisotopic (exact) mass is 369 g/mol. The first-order valence-corrected chi connectivity index (χ1v) is 9.14. The van der Waals surface area contributed by atoms with Gasteiger partial charge in [-0.2, -0.15) is 9.28 Å². The van der Waals surface area contributed by atoms with Crippen LogP contribution in [0.2, 0.25) is 0 Å². The van der Waals surface area contributed by atoms with Gasteiger partial charge < -0.3 is 5.02 Å². The number of benzene rings is 2. The minimum atomic E-state index is -1.50. The standard InChI is InChI=1S/C21H15BN3O3/c26-22(28-27)25-11-5-10-17-16-9-4-8-15-12-23-18(14-6-2-1-3-7-14)13-24(20(17)25)21(23)19(15)16/h1-11,13,26H,12H2/q+1/p+1. The topological polar surface area (TPSA) is 62.6 Å². The fourth-order valence-corrected chi connectivity index (χ4v) is 4.51. The first-order chi connectivity index (χ1) is 13.8. The molecule has 0 amide bonds. The molecular weight excluding hydrogens is 353 g/mol. The summed E-state index contributed by atoms with van der Waals surface area (Å²) in [6.07, 6.45) is 3.78. The van der Waals surface area contributed by atoms with Gasteiger partial charge in [-0.25, -0.2) is 0 Å². The summed E-state index contributed by atoms with van der Waals surface area (Å²) in [5.41, 5.74) is 5.32. The molecule has 5 aromatic rings. The van der Waals surface area contributed by atoms with Gasteiger partial charge in [0.25, 0.3) is 0 Å². The summed E-state index contributed by atoms with van der Waals surface area (Å²) in [6.45, 7) is 0.794. The van der Waals surface area contributed by atoms with Crippen molar-refractivity contribution in [1.82, 2.24) is 4.57 Å². The molecule has 0 radical (unpaired) electrons. The Kier molecular flexibility index (Phi) is 3.17. The number of imidazole rings is 1. The number of rotatable bonds is 3. The van der Waals surface area contributed by atoms with Gasteiger partial charge >= 0.3 is 18.5 Å². The van der Waals surface area contributed by atoms with Gasteiger partial charge in [0.2, 0.25) is 6.20 Å². The molecule has 28 heavy (non-hydrogen) atoms. The van der Waals surface area contributed by atoms with Gasteiger partial charge in [-0.15, -0.1) is 0 Å². The molecule has 6 rings (SSSR count). The van der Waals surface area contributed by atoms with Crippen molar-refractivity contribution in [2.75, 3.05) is 0 Å². The van der Waals surface area contributed by atoms with Crippen LogP contribution in [0.5, 0.6) is 0 Å². The molecule has 4 heterocycles. The third-order valence-corrected chi connectivity index (χ3v) is 5.64. The first kappa shape index (κ1) is 15.8. The molecule has 3 aromatic heterocycles. The highest BCUT2D eigenvalue weighted by molar-refractivity contribution is 6.32. The van der Waals surface area contributed by atoms with E-state index in [-0.39, 0.29) is 0 Å². The quantitative estimate of drug-likeness (QED) is 0.165. The van der Waals surface area contributed by atoms with Gasteiger partial charge in [0.15, 0.2) is 6.20 Å². The van der Waals surface area contributed by atoms with Crippen LogP contribution in [0, 0.1) is 0 Å². The molecule has 7 heteroatoms. The molecule has 2 N–H and O–H groups in total. The SMILES string of the molecule is OOB(O)[n+]1cccc2c3cccc4c3c3n(c(-c5ccccc5)c[n+]3c21)C4. The first-order valence-electron chi connectivity index (χ1n) is 9.14. The second-order valence-corrected chi connectivity index (χ2v) is 7.08. The summed E-state index contributed by atoms with van der Waals surface area (Å²) >= 11 is 0. The largest absolute Gasteiger partial charge is 0.880 e. The van der Waals surface area contributed by atoms with Crippen LogP contribution in [-0.4, -0.2) is 22.1 Å². The highest BCUT2D eigenvalue weighted by Gasteiger charge is 2.41. The van der Waals surface area contributed by atoms with Crippen LogP contribution < -0.4 is 8.88 Å². The van der Waals surface area contributed by atoms with Gasteiger partial charge in [-0.3, -0.25) is 9.82 Å². The smallest absolute Gasteiger partial charge is 0.359 e. The predicted molar refractivity (Wildman–Crippen MR) is 104 cm³/mol. The van der Waals surface area contributed by atoms with E-state index in [1.54, 1.807) is 6.20 Å². The van der Waals surface area contributed by atoms with E-state index < -0.39 is 7.25 Å². The fourth-order valence-electron chi connectivity index (χ4n) is 4.51. The molecule has 0 bridgehead atoms. The molecule has 134 valence electrons. The molecule has 1 aliphatic rings. The van der Waals surface area contributed by atoms with Crippen molar-refractivity contribution >= 4 is 34.7 Å². The maximum Gasteiger partial charge on any atom is 0.880 e. The number of nitrogens with zero attached hydrogens (tertiary/aromatic N) is 3. The highest BCUT2D eigenvalue weighted by Crippen LogP contribution is 2.36. The van der Waals surface area contributed by atoms with E-state index in [1.165, 1.54) is 15.4 Å². The molecule has 0 aliphatic carbocycles. The van der Waals surface area contributed by atoms with Crippen molar-refractivity contribution in [3.8, 4) is 11.3 Å². The maximum atomic E-state index is 10.2. The van der Waals surface area contributed by atoms with Crippen molar-refractivity contribution < 1.29 is 24.0 Å². The van der Waals surface area contributed by atoms with E-state index in [9.17, 15) is 5.02 Å². The lowest BCUT2D eigenvalue weighted by Gasteiger charge is -2.03. The second-order valence-electron chi connectivity index (χ2n) is 7.08. The molecule has 0 spiro atoms. The summed E-state index contributed by atoms with van der Waals surface area (Å²) in [5.74, 6) is 0. The van der Waals surface area contributed by atoms with Gasteiger partial charge in [0.05, 0.1) is 11.9 Å². The van der Waals surface area contributed by atoms with Crippen molar-refractivity contribution in [2.24, 2.45) is 0 Å². The summed E-state index contributed by atoms with van der Waals surface area (Å²) < 4.78 is 5.91. The Hall–Kier alpha value is -3.26. The molecule has 2 aromatic carbocycles. The van der Waals surface area contributed by atoms with E-state index in [1.807, 2.05) is 30.3 Å². The van der Waals surface area contributed by atoms with Crippen molar-refractivity contribution in [3.63, 3.8) is 0 Å². The Balaban J connectivity index is 1.86. The van der Waals surface area contributed by atoms with Crippen LogP contribution in [0.15, 0.2) is 73.1 Å². The molecular formula is C21H16BN3O3+2. The van der Waals surface area contributed by atoms with E-state index in [0.717, 1.165) is 39.9 Å². The Morgan fingerprint density at radius 1 is 0.964 bits per heavy atom. The summed E-state index contributed by atoms with van der Waals surface area (Å²) in [4.78, 5) is 4.24. The minimum absolute atomic E-state index is 0.751. The lowest BCUT2D eigenvalue weighted by molar-refractivity contribution is -0.631. The predicted octanol–water partition coefficient (Wildman–Crippen LogP) is 2.16. The lowest BCUT2D eigenvalue weighted by atomic mass is 10.0. The zero-order valence-electron chi connectivity index (χ0n) is 14.9. The molecule has 0 saturated carbocycles. The van der Waals surface area contributed by atoms with Gasteiger partial charge in [-0.1, -0.05) is 52.9 Å². The molecule has 0 atom stereocenters. The Labute approximate surface area is 160 Å². The Bertz CT molecular complexity index is 1400. The van der Waals surface area contributed by atoms with Crippen LogP contribution in [0.3, 0.4) is 0 Å². The van der Waals surface area contributed by atoms with Gasteiger partial charge in [0, 0.05) is 17.0 Å². The zero-order valence-corrected chi connectivity index (χ0v) is 14.9. The number of hydrogen-bond donors (Lipinski definition) is 2. The third-order valence-electron chi connectivity index (χ3n) is 5.64. The molecule has 0 saturated heterocycles. The number of fused-ring (bicyclic) bond motifs is 3. The third kappa shape index (κ3) is 1.93. The Morgan fingerprint density at radius 2 is 1.79 bits per heavy atom. The van der Waals surface area contributed by atoms with Crippen LogP contribution in [-0.2, 0) is 11.3 Å². The summed E-state index contributed by atoms with van der Waals surface area (Å²) in [5, 5.41) is 22.6. The van der Waals surface area contributed by atoms with Crippen molar-refractivity contribution in [3.05, 3.63) is 78.6 Å². The van der Waals surface area contributed by atoms with Crippen molar-refractivity contribution in [1.29, 1.82) is 0 Å². The lowest BCUT2D eigenvalue weighted by Crippen LogP contribution is -2.56. The second kappa shape index (κ2) is 5.62. The highest BCUT2D eigenvalue weighted by atomic mass is 17.1. The van der Waals surface area contributed by atoms with Crippen LogP contribution in [0.4, 0.5) is 0 Å². The summed E-state index contributed by atoms with van der Waals surface area (Å²) in [7, 11) is -1.50. The number of aromatic nitrogens is 3. The average Bonchev–Trinajstić information content (AvgIpc) is 3.31. The molecule has 6 nitrogen and oxygen atoms in total. The maximum absolute atomic E-state index is 10.2. The van der Waals surface area contributed by atoms with Crippen LogP contribution in [0.1, 0.15) is 5.56 Å². The van der Waals surface area contributed by atoms with E-state index in [0.29, 0.717) is 0 Å². The van der Waals surface area contributed by atoms with E-state index in [2.05, 4.69) is 50.3 Å². The molecule has 0 fully saturated rings. The average molecular weight is 369 g/mol. The van der Waals surface area contributed by atoms with E-state index >= 15 is 0 Å². The summed E-state index contributed by atoms with van der Waals surface area (Å²) in [6, 6.07) is 20.5. The van der Waals surface area contributed by atoms with E-state index in [4.69, 9.17) is 5.26 Å². The van der Waals surface area contributed by atoms with Crippen LogP contribution >= 0.6 is 0 Å². The zero-order chi connectivity index (χ0) is 18.8. The Morgan fingerprint density at radius 3 is 2.61 bits per heavy atom. The van der Waals surface area contributed by atoms with Gasteiger partial charge in [0.1, 0.15) is 11.1 Å². The van der Waals surface area contributed by atoms with Crippen molar-refractivity contribution in [2.45, 2.75) is 6.54 Å². The molecule has 0 unspecified atom stereocenters. The normalized spacial score (nSPS) is 12.6. The molecule has 1 aliphatic heterocycles. The number of pyridine rings is 2. The van der Waals surface area contributed by atoms with Crippen LogP contribution in [0.25, 0.3) is 38.7 Å². The number of hydrogen-bond acceptors (Lipinski definition) is 3.